The van der Waals surface area contributed by atoms with E-state index in [1.54, 1.807) is 12.1 Å². The largest absolute Gasteiger partial charge is 0.480 e. The number of hydrogen-bond acceptors (Lipinski definition) is 3. The first-order valence-electron chi connectivity index (χ1n) is 4.53. The number of carboxylic acid groups (broad SMARTS) is 1. The maximum absolute atomic E-state index is 10.4. The van der Waals surface area contributed by atoms with Crippen LogP contribution in [0.2, 0.25) is 5.02 Å². The number of nitrogens with one attached hydrogen (secondary N) is 1. The molecule has 0 aliphatic carbocycles. The molecule has 4 N–H and O–H groups in total. The summed E-state index contributed by atoms with van der Waals surface area (Å²) in [4.78, 5) is 10.4. The second kappa shape index (κ2) is 5.70. The van der Waals surface area contributed by atoms with Crippen molar-refractivity contribution >= 4 is 17.6 Å². The van der Waals surface area contributed by atoms with Gasteiger partial charge in [-0.25, -0.2) is 0 Å². The van der Waals surface area contributed by atoms with Gasteiger partial charge < -0.3 is 16.2 Å². The van der Waals surface area contributed by atoms with E-state index in [0.29, 0.717) is 11.6 Å². The van der Waals surface area contributed by atoms with Crippen molar-refractivity contribution in [2.24, 2.45) is 5.73 Å². The highest BCUT2D eigenvalue weighted by Gasteiger charge is 2.09. The fraction of sp³-hybridized carbons (Fsp3) is 0.300. The lowest BCUT2D eigenvalue weighted by Crippen LogP contribution is -2.40. The number of nitrogens with two attached hydrogens (primary N) is 1. The molecule has 0 spiro atoms. The second-order valence-corrected chi connectivity index (χ2v) is 3.64. The van der Waals surface area contributed by atoms with Crippen LogP contribution in [0.5, 0.6) is 0 Å². The Balaban J connectivity index is 2.32. The zero-order chi connectivity index (χ0) is 11.3. The van der Waals surface area contributed by atoms with Crippen LogP contribution < -0.4 is 11.1 Å². The smallest absolute Gasteiger partial charge is 0.321 e. The fourth-order valence-electron chi connectivity index (χ4n) is 1.06. The molecule has 5 heteroatoms. The van der Waals surface area contributed by atoms with Crippen molar-refractivity contribution in [3.8, 4) is 0 Å². The van der Waals surface area contributed by atoms with E-state index in [9.17, 15) is 4.79 Å². The molecule has 82 valence electrons. The first kappa shape index (κ1) is 12.0. The van der Waals surface area contributed by atoms with Crippen LogP contribution in [0.25, 0.3) is 0 Å². The van der Waals surface area contributed by atoms with E-state index in [2.05, 4.69) is 5.32 Å². The quantitative estimate of drug-likeness (QED) is 0.698. The second-order valence-electron chi connectivity index (χ2n) is 3.20. The molecular formula is C10H13ClN2O2. The summed E-state index contributed by atoms with van der Waals surface area (Å²) in [5, 5.41) is 12.2. The summed E-state index contributed by atoms with van der Waals surface area (Å²) in [5.74, 6) is -1.00. The van der Waals surface area contributed by atoms with Gasteiger partial charge in [-0.15, -0.1) is 0 Å². The number of rotatable bonds is 5. The van der Waals surface area contributed by atoms with Crippen molar-refractivity contribution in [2.45, 2.75) is 12.6 Å². The van der Waals surface area contributed by atoms with Crippen LogP contribution in [-0.4, -0.2) is 23.7 Å². The molecule has 1 rings (SSSR count). The Hall–Kier alpha value is -1.10. The summed E-state index contributed by atoms with van der Waals surface area (Å²) < 4.78 is 0. The number of halogens is 1. The summed E-state index contributed by atoms with van der Waals surface area (Å²) in [7, 11) is 0. The molecule has 1 aromatic rings. The van der Waals surface area contributed by atoms with E-state index >= 15 is 0 Å². The zero-order valence-corrected chi connectivity index (χ0v) is 8.87. The van der Waals surface area contributed by atoms with Gasteiger partial charge >= 0.3 is 5.97 Å². The third-order valence-electron chi connectivity index (χ3n) is 1.92. The highest BCUT2D eigenvalue weighted by molar-refractivity contribution is 6.30. The van der Waals surface area contributed by atoms with Crippen molar-refractivity contribution in [1.29, 1.82) is 0 Å². The minimum Gasteiger partial charge on any atom is -0.480 e. The van der Waals surface area contributed by atoms with E-state index in [0.717, 1.165) is 5.56 Å². The fourth-order valence-corrected chi connectivity index (χ4v) is 1.19. The predicted molar refractivity (Wildman–Crippen MR) is 58.8 cm³/mol. The lowest BCUT2D eigenvalue weighted by molar-refractivity contribution is -0.138. The number of hydrogen-bond donors (Lipinski definition) is 3. The third kappa shape index (κ3) is 4.29. The molecule has 0 aliphatic rings. The zero-order valence-electron chi connectivity index (χ0n) is 8.11. The van der Waals surface area contributed by atoms with E-state index in [1.165, 1.54) is 0 Å². The van der Waals surface area contributed by atoms with Crippen LogP contribution >= 0.6 is 11.6 Å². The highest BCUT2D eigenvalue weighted by Crippen LogP contribution is 2.08. The molecule has 0 saturated heterocycles. The highest BCUT2D eigenvalue weighted by atomic mass is 35.5. The summed E-state index contributed by atoms with van der Waals surface area (Å²) in [6.07, 6.45) is 0. The van der Waals surface area contributed by atoms with Crippen molar-refractivity contribution in [1.82, 2.24) is 5.32 Å². The number of benzene rings is 1. The Labute approximate surface area is 93.0 Å². The van der Waals surface area contributed by atoms with Gasteiger partial charge in [-0.1, -0.05) is 23.7 Å². The molecule has 4 nitrogen and oxygen atoms in total. The predicted octanol–water partition coefficient (Wildman–Crippen LogP) is 0.841. The van der Waals surface area contributed by atoms with E-state index in [-0.39, 0.29) is 6.54 Å². The van der Waals surface area contributed by atoms with E-state index < -0.39 is 12.0 Å². The van der Waals surface area contributed by atoms with Crippen LogP contribution in [0.15, 0.2) is 24.3 Å². The monoisotopic (exact) mass is 228 g/mol. The third-order valence-corrected chi connectivity index (χ3v) is 2.18. The number of carbonyl (C=O) groups is 1. The van der Waals surface area contributed by atoms with E-state index in [1.807, 2.05) is 12.1 Å². The molecule has 0 amide bonds. The Morgan fingerprint density at radius 1 is 1.47 bits per heavy atom. The van der Waals surface area contributed by atoms with Crippen LogP contribution in [-0.2, 0) is 11.3 Å². The maximum Gasteiger partial charge on any atom is 0.321 e. The number of carboxylic acids is 1. The molecule has 1 aromatic carbocycles. The van der Waals surface area contributed by atoms with Gasteiger partial charge in [-0.3, -0.25) is 4.79 Å². The van der Waals surface area contributed by atoms with Crippen molar-refractivity contribution in [3.05, 3.63) is 34.9 Å². The summed E-state index contributed by atoms with van der Waals surface area (Å²) >= 11 is 5.72. The first-order valence-corrected chi connectivity index (χ1v) is 4.91. The van der Waals surface area contributed by atoms with Crippen LogP contribution in [0, 0.1) is 0 Å². The molecular weight excluding hydrogens is 216 g/mol. The van der Waals surface area contributed by atoms with Gasteiger partial charge in [-0.05, 0) is 17.7 Å². The van der Waals surface area contributed by atoms with Crippen LogP contribution in [0.1, 0.15) is 5.56 Å². The molecule has 15 heavy (non-hydrogen) atoms. The van der Waals surface area contributed by atoms with Gasteiger partial charge in [0.2, 0.25) is 0 Å². The van der Waals surface area contributed by atoms with E-state index in [4.69, 9.17) is 22.4 Å². The topological polar surface area (TPSA) is 75.3 Å². The standard InChI is InChI=1S/C10H13ClN2O2/c11-8-3-1-7(2-4-8)5-13-6-9(12)10(14)15/h1-4,9,13H,5-6,12H2,(H,14,15). The molecule has 1 unspecified atom stereocenters. The average molecular weight is 229 g/mol. The minimum absolute atomic E-state index is 0.248. The van der Waals surface area contributed by atoms with Gasteiger partial charge in [0.1, 0.15) is 6.04 Å². The molecule has 1 atom stereocenters. The SMILES string of the molecule is NC(CNCc1ccc(Cl)cc1)C(=O)O. The molecule has 0 aliphatic heterocycles. The Bertz CT molecular complexity index is 327. The van der Waals surface area contributed by atoms with Crippen molar-refractivity contribution in [2.75, 3.05) is 6.54 Å². The van der Waals surface area contributed by atoms with Gasteiger partial charge in [0.25, 0.3) is 0 Å². The molecule has 0 radical (unpaired) electrons. The van der Waals surface area contributed by atoms with Crippen molar-refractivity contribution in [3.63, 3.8) is 0 Å². The molecule has 0 fully saturated rings. The molecule has 0 bridgehead atoms. The summed E-state index contributed by atoms with van der Waals surface area (Å²) in [6.45, 7) is 0.829. The lowest BCUT2D eigenvalue weighted by atomic mass is 10.2. The first-order chi connectivity index (χ1) is 7.09. The Kier molecular flexibility index (Phi) is 4.55. The summed E-state index contributed by atoms with van der Waals surface area (Å²) in [5.41, 5.74) is 6.36. The van der Waals surface area contributed by atoms with Gasteiger partial charge in [0.15, 0.2) is 0 Å². The molecule has 0 saturated carbocycles. The normalized spacial score (nSPS) is 12.4. The average Bonchev–Trinajstić information content (AvgIpc) is 2.20. The van der Waals surface area contributed by atoms with Crippen LogP contribution in [0.3, 0.4) is 0 Å². The maximum atomic E-state index is 10.4. The van der Waals surface area contributed by atoms with Gasteiger partial charge in [0, 0.05) is 18.1 Å². The van der Waals surface area contributed by atoms with Gasteiger partial charge in [0.05, 0.1) is 0 Å². The minimum atomic E-state index is -1.00. The molecule has 0 heterocycles. The lowest BCUT2D eigenvalue weighted by Gasteiger charge is -2.08. The Morgan fingerprint density at radius 3 is 2.60 bits per heavy atom. The molecule has 0 aromatic heterocycles. The van der Waals surface area contributed by atoms with Crippen molar-refractivity contribution < 1.29 is 9.90 Å². The number of aliphatic carboxylic acids is 1. The Morgan fingerprint density at radius 2 is 2.07 bits per heavy atom. The van der Waals surface area contributed by atoms with Crippen LogP contribution in [0.4, 0.5) is 0 Å². The van der Waals surface area contributed by atoms with Gasteiger partial charge in [-0.2, -0.15) is 0 Å². The summed E-state index contributed by atoms with van der Waals surface area (Å²) in [6, 6.07) is 6.46.